The Bertz CT molecular complexity index is 4230. The van der Waals surface area contributed by atoms with Crippen LogP contribution in [0, 0.1) is 29.2 Å². The lowest BCUT2D eigenvalue weighted by Gasteiger charge is -2.13. The number of hydrogen-bond acceptors (Lipinski definition) is 13. The molecule has 1 N–H and O–H groups in total. The standard InChI is InChI=1S/C48H24Cl3N9O3S.2O3S/c1-54-39-21-16-29(24-38(39)51)48-57-40-43-41(55-46(58(43)32-8-4-2-5-9-32)27-12-14-30(25-52)36(49)22-27)45-42(44(40)59(48)33-10-6-3-7-11-33)56-47(28-13-15-31(26-53)37(50)23-28)60(45)34-17-19-35(20-18-34)64(61,62)63;2*1-4(2)3/h2-24H,(H,61,62,63);;. The highest BCUT2D eigenvalue weighted by Gasteiger charge is 2.31. The summed E-state index contributed by atoms with van der Waals surface area (Å²) in [6.45, 7) is 7.67. The second kappa shape index (κ2) is 20.4. The summed E-state index contributed by atoms with van der Waals surface area (Å²) in [4.78, 5) is 19.5. The first-order valence-corrected chi connectivity index (χ1v) is 24.7. The van der Waals surface area contributed by atoms with Gasteiger partial charge in [-0.05, 0) is 91.0 Å². The molecule has 0 aliphatic heterocycles. The van der Waals surface area contributed by atoms with Crippen LogP contribution in [0.15, 0.2) is 144 Å². The van der Waals surface area contributed by atoms with Gasteiger partial charge in [0.15, 0.2) is 0 Å². The van der Waals surface area contributed by atoms with E-state index in [9.17, 15) is 23.5 Å². The Hall–Kier alpha value is -8.56. The van der Waals surface area contributed by atoms with Crippen LogP contribution in [0.2, 0.25) is 15.1 Å². The number of benzene rings is 7. The SMILES string of the molecule is O=S(=O)=O.O=S(=O)=O.[C-]#[N+]c1ccc(-c2nc3c4c(nc(-c5ccc(C#N)c(Cl)c5)n4-c4ccccc4)c4c(nc(-c5ccc(C#N)c(Cl)c5)n4-c4ccc(S(=O)(=O)O)cc4)c3n2-c2ccccc2)cc1Cl. The first-order valence-electron chi connectivity index (χ1n) is 20.1. The normalized spacial score (nSPS) is 10.9. The van der Waals surface area contributed by atoms with Crippen molar-refractivity contribution in [1.29, 1.82) is 10.5 Å². The average Bonchev–Trinajstić information content (AvgIpc) is 4.07. The van der Waals surface area contributed by atoms with Crippen LogP contribution in [0.4, 0.5) is 5.69 Å². The Morgan fingerprint density at radius 1 is 0.514 bits per heavy atom. The minimum Gasteiger partial charge on any atom is -0.290 e. The van der Waals surface area contributed by atoms with Crippen molar-refractivity contribution in [3.05, 3.63) is 177 Å². The zero-order valence-corrected chi connectivity index (χ0v) is 40.6. The van der Waals surface area contributed by atoms with E-state index in [2.05, 4.69) is 17.0 Å². The van der Waals surface area contributed by atoms with E-state index < -0.39 is 31.3 Å². The summed E-state index contributed by atoms with van der Waals surface area (Å²) >= 11 is 20.1. The van der Waals surface area contributed by atoms with E-state index in [1.807, 2.05) is 74.4 Å². The Balaban J connectivity index is 0.000000809. The molecule has 0 unspecified atom stereocenters. The number of fused-ring (bicyclic) bond motifs is 6. The highest BCUT2D eigenvalue weighted by molar-refractivity contribution is 7.85. The molecule has 0 saturated heterocycles. The van der Waals surface area contributed by atoms with Crippen molar-refractivity contribution in [2.45, 2.75) is 4.90 Å². The molecule has 10 rings (SSSR count). The molecular weight excluding hydrogens is 1050 g/mol. The van der Waals surface area contributed by atoms with Crippen molar-refractivity contribution >= 4 is 105 Å². The summed E-state index contributed by atoms with van der Waals surface area (Å²) in [6, 6.07) is 44.2. The third kappa shape index (κ3) is 9.66. The third-order valence-corrected chi connectivity index (χ3v) is 12.5. The summed E-state index contributed by atoms with van der Waals surface area (Å²) in [5.41, 5.74) is 7.24. The number of nitrogens with zero attached hydrogens (tertiary/aromatic N) is 9. The van der Waals surface area contributed by atoms with E-state index in [1.165, 1.54) is 12.1 Å². The quantitative estimate of drug-likeness (QED) is 0.115. The first kappa shape index (κ1) is 49.8. The molecule has 0 amide bonds. The van der Waals surface area contributed by atoms with Gasteiger partial charge in [-0.3, -0.25) is 18.3 Å². The monoisotopic (exact) mass is 1070 g/mol. The molecule has 24 heteroatoms. The molecule has 3 heterocycles. The van der Waals surface area contributed by atoms with Crippen molar-refractivity contribution in [2.24, 2.45) is 0 Å². The molecule has 0 aliphatic carbocycles. The Morgan fingerprint density at radius 3 is 1.15 bits per heavy atom. The Labute approximate surface area is 425 Å². The molecule has 354 valence electrons. The summed E-state index contributed by atoms with van der Waals surface area (Å²) in [5, 5.41) is 20.2. The van der Waals surface area contributed by atoms with Crippen LogP contribution in [0.3, 0.4) is 0 Å². The van der Waals surface area contributed by atoms with Gasteiger partial charge >= 0.3 is 21.2 Å². The van der Waals surface area contributed by atoms with Gasteiger partial charge in [-0.15, -0.1) is 25.3 Å². The molecule has 0 radical (unpaired) electrons. The number of rotatable bonds is 7. The smallest absolute Gasteiger partial charge is 0.290 e. The van der Waals surface area contributed by atoms with Gasteiger partial charge < -0.3 is 0 Å². The summed E-state index contributed by atoms with van der Waals surface area (Å²) in [5.74, 6) is 1.25. The van der Waals surface area contributed by atoms with Gasteiger partial charge in [-0.2, -0.15) is 18.9 Å². The van der Waals surface area contributed by atoms with E-state index in [0.717, 1.165) is 0 Å². The van der Waals surface area contributed by atoms with Crippen LogP contribution in [-0.2, 0) is 31.3 Å². The second-order valence-corrected chi connectivity index (χ2v) is 18.3. The highest BCUT2D eigenvalue weighted by atomic mass is 35.5. The molecule has 0 saturated carbocycles. The topological polar surface area (TPSA) is 262 Å². The summed E-state index contributed by atoms with van der Waals surface area (Å²) in [7, 11) is -10.8. The van der Waals surface area contributed by atoms with Crippen LogP contribution < -0.4 is 0 Å². The van der Waals surface area contributed by atoms with E-state index in [-0.39, 0.29) is 36.8 Å². The fraction of sp³-hybridized carbons (Fsp3) is 0. The predicted octanol–water partition coefficient (Wildman–Crippen LogP) is 10.2. The third-order valence-electron chi connectivity index (χ3n) is 10.7. The number of nitriles is 2. The van der Waals surface area contributed by atoms with Gasteiger partial charge in [0.25, 0.3) is 10.1 Å². The Kier molecular flexibility index (Phi) is 14.1. The van der Waals surface area contributed by atoms with Gasteiger partial charge in [0.1, 0.15) is 62.7 Å². The Morgan fingerprint density at radius 2 is 0.847 bits per heavy atom. The van der Waals surface area contributed by atoms with Crippen molar-refractivity contribution in [2.75, 3.05) is 0 Å². The molecular formula is C48H24Cl3N9O9S3. The maximum Gasteiger partial charge on any atom is 0.425 e. The van der Waals surface area contributed by atoms with Crippen molar-refractivity contribution in [3.63, 3.8) is 0 Å². The fourth-order valence-electron chi connectivity index (χ4n) is 7.89. The van der Waals surface area contributed by atoms with E-state index in [1.54, 1.807) is 66.7 Å². The molecule has 7 aromatic carbocycles. The second-order valence-electron chi connectivity index (χ2n) is 14.8. The maximum absolute atomic E-state index is 12.3. The summed E-state index contributed by atoms with van der Waals surface area (Å²) in [6.07, 6.45) is 0. The van der Waals surface area contributed by atoms with Crippen LogP contribution in [0.1, 0.15) is 11.1 Å². The van der Waals surface area contributed by atoms with E-state index in [0.29, 0.717) is 84.3 Å². The minimum atomic E-state index is -4.57. The molecule has 72 heavy (non-hydrogen) atoms. The van der Waals surface area contributed by atoms with Gasteiger partial charge in [0.2, 0.25) is 5.69 Å². The molecule has 0 aliphatic rings. The molecule has 0 bridgehead atoms. The lowest BCUT2D eigenvalue weighted by Crippen LogP contribution is -2.02. The molecule has 18 nitrogen and oxygen atoms in total. The fourth-order valence-corrected chi connectivity index (χ4v) is 9.04. The lowest BCUT2D eigenvalue weighted by molar-refractivity contribution is 0.483. The van der Waals surface area contributed by atoms with Gasteiger partial charge in [0, 0.05) is 38.8 Å². The largest absolute Gasteiger partial charge is 0.425 e. The lowest BCUT2D eigenvalue weighted by atomic mass is 10.1. The first-order chi connectivity index (χ1) is 34.4. The van der Waals surface area contributed by atoms with Crippen LogP contribution in [0.5, 0.6) is 0 Å². The van der Waals surface area contributed by atoms with Crippen LogP contribution >= 0.6 is 34.8 Å². The van der Waals surface area contributed by atoms with Crippen molar-refractivity contribution in [1.82, 2.24) is 28.7 Å². The predicted molar refractivity (Wildman–Crippen MR) is 267 cm³/mol. The number of hydrogen-bond donors (Lipinski definition) is 1. The number of imidazole rings is 3. The van der Waals surface area contributed by atoms with E-state index in [4.69, 9.17) is 81.6 Å². The molecule has 3 aromatic heterocycles. The number of halogens is 3. The maximum atomic E-state index is 12.3. The van der Waals surface area contributed by atoms with Crippen LogP contribution in [0.25, 0.3) is 89.2 Å². The molecule has 0 fully saturated rings. The summed E-state index contributed by atoms with van der Waals surface area (Å²) < 4.78 is 91.0. The zero-order valence-electron chi connectivity index (χ0n) is 35.9. The average molecular weight is 1070 g/mol. The zero-order chi connectivity index (χ0) is 51.6. The van der Waals surface area contributed by atoms with Crippen molar-refractivity contribution in [3.8, 4) is 63.4 Å². The minimum absolute atomic E-state index is 0.181. The van der Waals surface area contributed by atoms with Gasteiger partial charge in [-0.1, -0.05) is 83.3 Å². The molecule has 10 aromatic rings. The molecule has 0 spiro atoms. The highest BCUT2D eigenvalue weighted by Crippen LogP contribution is 2.45. The van der Waals surface area contributed by atoms with Gasteiger partial charge in [-0.25, -0.2) is 19.8 Å². The van der Waals surface area contributed by atoms with Crippen molar-refractivity contribution < 1.29 is 38.2 Å². The van der Waals surface area contributed by atoms with Crippen LogP contribution in [-0.4, -0.2) is 66.9 Å². The van der Waals surface area contributed by atoms with Gasteiger partial charge in [0.05, 0.1) is 32.6 Å². The van der Waals surface area contributed by atoms with E-state index >= 15 is 0 Å². The number of aromatic nitrogens is 6. The molecule has 0 atom stereocenters. The number of para-hydroxylation sites is 2.